The number of allylic oxidation sites excluding steroid dienone is 4. The van der Waals surface area contributed by atoms with Gasteiger partial charge in [-0.3, -0.25) is 0 Å². The second-order valence-electron chi connectivity index (χ2n) is 7.52. The van der Waals surface area contributed by atoms with E-state index >= 15 is 0 Å². The normalized spacial score (nSPS) is 19.2. The van der Waals surface area contributed by atoms with Gasteiger partial charge in [-0.1, -0.05) is 29.4 Å². The van der Waals surface area contributed by atoms with Crippen molar-refractivity contribution in [1.29, 1.82) is 0 Å². The van der Waals surface area contributed by atoms with E-state index in [0.717, 1.165) is 48.3 Å². The fraction of sp³-hybridized carbons (Fsp3) is 0.478. The highest BCUT2D eigenvalue weighted by Crippen LogP contribution is 2.38. The van der Waals surface area contributed by atoms with Crippen molar-refractivity contribution in [2.75, 3.05) is 7.11 Å². The molecule has 25 heavy (non-hydrogen) atoms. The van der Waals surface area contributed by atoms with Crippen LogP contribution in [0, 0.1) is 6.92 Å². The molecule has 0 aromatic heterocycles. The van der Waals surface area contributed by atoms with Crippen LogP contribution in [0.5, 0.6) is 11.5 Å². The summed E-state index contributed by atoms with van der Waals surface area (Å²) in [5.41, 5.74) is 4.83. The van der Waals surface area contributed by atoms with E-state index in [1.807, 2.05) is 12.1 Å². The average molecular weight is 341 g/mol. The van der Waals surface area contributed by atoms with Crippen molar-refractivity contribution in [1.82, 2.24) is 0 Å². The summed E-state index contributed by atoms with van der Waals surface area (Å²) < 4.78 is 11.7. The van der Waals surface area contributed by atoms with E-state index in [2.05, 4.69) is 58.9 Å². The predicted molar refractivity (Wildman–Crippen MR) is 107 cm³/mol. The van der Waals surface area contributed by atoms with Crippen LogP contribution in [0.3, 0.4) is 0 Å². The smallest absolute Gasteiger partial charge is 0.131 e. The summed E-state index contributed by atoms with van der Waals surface area (Å²) in [6.45, 7) is 10.8. The number of benzene rings is 1. The molecule has 2 rings (SSSR count). The van der Waals surface area contributed by atoms with Gasteiger partial charge in [-0.2, -0.15) is 0 Å². The molecule has 1 unspecified atom stereocenters. The van der Waals surface area contributed by atoms with Gasteiger partial charge in [0.25, 0.3) is 0 Å². The van der Waals surface area contributed by atoms with Gasteiger partial charge in [0.1, 0.15) is 17.1 Å². The fourth-order valence-electron chi connectivity index (χ4n) is 3.11. The minimum absolute atomic E-state index is 0.247. The predicted octanol–water partition coefficient (Wildman–Crippen LogP) is 6.64. The van der Waals surface area contributed by atoms with E-state index < -0.39 is 0 Å². The van der Waals surface area contributed by atoms with E-state index in [4.69, 9.17) is 9.47 Å². The molecule has 0 saturated heterocycles. The summed E-state index contributed by atoms with van der Waals surface area (Å²) in [7, 11) is 1.70. The van der Waals surface area contributed by atoms with E-state index in [9.17, 15) is 0 Å². The second-order valence-corrected chi connectivity index (χ2v) is 7.52. The Hall–Kier alpha value is -1.96. The molecule has 0 saturated carbocycles. The summed E-state index contributed by atoms with van der Waals surface area (Å²) in [5, 5.41) is 0. The summed E-state index contributed by atoms with van der Waals surface area (Å²) in [6.07, 6.45) is 13.3. The number of aryl methyl sites for hydroxylation is 1. The monoisotopic (exact) mass is 340 g/mol. The summed E-state index contributed by atoms with van der Waals surface area (Å²) in [6, 6.07) is 4.07. The molecular weight excluding hydrogens is 308 g/mol. The SMILES string of the molecule is COc1cc(C)c2c(c1)C=CC(C)(CC/C=C(\C)CCC=C(C)C)O2. The number of methoxy groups -OCH3 is 1. The lowest BCUT2D eigenvalue weighted by Crippen LogP contribution is -2.32. The lowest BCUT2D eigenvalue weighted by Gasteiger charge is -2.32. The highest BCUT2D eigenvalue weighted by Gasteiger charge is 2.28. The third kappa shape index (κ3) is 5.52. The van der Waals surface area contributed by atoms with Gasteiger partial charge in [0, 0.05) is 5.56 Å². The molecule has 2 heteroatoms. The molecule has 1 heterocycles. The maximum absolute atomic E-state index is 6.36. The summed E-state index contributed by atoms with van der Waals surface area (Å²) in [5.74, 6) is 1.86. The number of fused-ring (bicyclic) bond motifs is 1. The molecule has 0 fully saturated rings. The summed E-state index contributed by atoms with van der Waals surface area (Å²) in [4.78, 5) is 0. The van der Waals surface area contributed by atoms with Crippen LogP contribution in [0.4, 0.5) is 0 Å². The molecule has 1 aliphatic heterocycles. The molecule has 0 amide bonds. The Morgan fingerprint density at radius 3 is 2.60 bits per heavy atom. The first-order valence-corrected chi connectivity index (χ1v) is 9.19. The zero-order valence-corrected chi connectivity index (χ0v) is 16.6. The Kier molecular flexibility index (Phi) is 6.52. The van der Waals surface area contributed by atoms with Gasteiger partial charge in [-0.15, -0.1) is 0 Å². The Morgan fingerprint density at radius 2 is 1.92 bits per heavy atom. The van der Waals surface area contributed by atoms with Crippen molar-refractivity contribution in [2.24, 2.45) is 0 Å². The standard InChI is InChI=1S/C23H32O2/c1-17(2)9-7-10-18(3)11-8-13-23(5)14-12-20-16-21(24-6)15-19(4)22(20)25-23/h9,11-12,14-16H,7-8,10,13H2,1-6H3/b18-11+. The third-order valence-electron chi connectivity index (χ3n) is 4.69. The molecule has 1 aliphatic rings. The van der Waals surface area contributed by atoms with E-state index in [-0.39, 0.29) is 5.60 Å². The van der Waals surface area contributed by atoms with Crippen LogP contribution in [0.1, 0.15) is 64.5 Å². The van der Waals surface area contributed by atoms with Crippen molar-refractivity contribution in [2.45, 2.75) is 65.9 Å². The minimum Gasteiger partial charge on any atom is -0.497 e. The number of hydrogen-bond acceptors (Lipinski definition) is 2. The molecule has 0 bridgehead atoms. The molecule has 1 aromatic rings. The lowest BCUT2D eigenvalue weighted by molar-refractivity contribution is 0.127. The molecular formula is C23H32O2. The van der Waals surface area contributed by atoms with Gasteiger partial charge >= 0.3 is 0 Å². The molecule has 0 spiro atoms. The van der Waals surface area contributed by atoms with E-state index in [0.29, 0.717) is 0 Å². The second kappa shape index (κ2) is 8.42. The first kappa shape index (κ1) is 19.4. The largest absolute Gasteiger partial charge is 0.497 e. The van der Waals surface area contributed by atoms with Crippen LogP contribution in [0.25, 0.3) is 6.08 Å². The number of ether oxygens (including phenoxy) is 2. The molecule has 0 N–H and O–H groups in total. The van der Waals surface area contributed by atoms with Crippen molar-refractivity contribution in [3.05, 3.63) is 52.6 Å². The molecule has 136 valence electrons. The maximum atomic E-state index is 6.36. The van der Waals surface area contributed by atoms with Crippen molar-refractivity contribution in [3.8, 4) is 11.5 Å². The lowest BCUT2D eigenvalue weighted by atomic mass is 9.93. The quantitative estimate of drug-likeness (QED) is 0.518. The Bertz CT molecular complexity index is 690. The number of hydrogen-bond donors (Lipinski definition) is 0. The van der Waals surface area contributed by atoms with Crippen LogP contribution < -0.4 is 9.47 Å². The molecule has 1 aromatic carbocycles. The van der Waals surface area contributed by atoms with Crippen molar-refractivity contribution >= 4 is 6.08 Å². The number of rotatable bonds is 7. The molecule has 1 atom stereocenters. The fourth-order valence-corrected chi connectivity index (χ4v) is 3.11. The highest BCUT2D eigenvalue weighted by atomic mass is 16.5. The van der Waals surface area contributed by atoms with Crippen LogP contribution in [-0.2, 0) is 0 Å². The van der Waals surface area contributed by atoms with E-state index in [1.165, 1.54) is 11.1 Å². The van der Waals surface area contributed by atoms with Crippen LogP contribution >= 0.6 is 0 Å². The maximum Gasteiger partial charge on any atom is 0.131 e. The van der Waals surface area contributed by atoms with Gasteiger partial charge in [-0.05, 0) is 84.1 Å². The van der Waals surface area contributed by atoms with E-state index in [1.54, 1.807) is 7.11 Å². The van der Waals surface area contributed by atoms with Gasteiger partial charge in [0.05, 0.1) is 7.11 Å². The van der Waals surface area contributed by atoms with Gasteiger partial charge in [0.15, 0.2) is 0 Å². The van der Waals surface area contributed by atoms with Crippen LogP contribution in [0.2, 0.25) is 0 Å². The molecule has 0 aliphatic carbocycles. The topological polar surface area (TPSA) is 18.5 Å². The zero-order valence-electron chi connectivity index (χ0n) is 16.6. The molecule has 2 nitrogen and oxygen atoms in total. The third-order valence-corrected chi connectivity index (χ3v) is 4.69. The van der Waals surface area contributed by atoms with Gasteiger partial charge < -0.3 is 9.47 Å². The molecule has 0 radical (unpaired) electrons. The Labute approximate surface area is 153 Å². The van der Waals surface area contributed by atoms with Crippen LogP contribution in [0.15, 0.2) is 41.5 Å². The first-order chi connectivity index (χ1) is 11.8. The first-order valence-electron chi connectivity index (χ1n) is 9.19. The Balaban J connectivity index is 1.97. The summed E-state index contributed by atoms with van der Waals surface area (Å²) >= 11 is 0. The Morgan fingerprint density at radius 1 is 1.16 bits per heavy atom. The highest BCUT2D eigenvalue weighted by molar-refractivity contribution is 5.65. The van der Waals surface area contributed by atoms with Crippen LogP contribution in [-0.4, -0.2) is 12.7 Å². The average Bonchev–Trinajstić information content (AvgIpc) is 2.55. The van der Waals surface area contributed by atoms with Crippen molar-refractivity contribution < 1.29 is 9.47 Å². The minimum atomic E-state index is -0.247. The zero-order chi connectivity index (χ0) is 18.4. The van der Waals surface area contributed by atoms with Crippen molar-refractivity contribution in [3.63, 3.8) is 0 Å². The van der Waals surface area contributed by atoms with Gasteiger partial charge in [0.2, 0.25) is 0 Å². The van der Waals surface area contributed by atoms with Gasteiger partial charge in [-0.25, -0.2) is 0 Å².